The average Bonchev–Trinajstić information content (AvgIpc) is 2.16. The van der Waals surface area contributed by atoms with E-state index in [1.807, 2.05) is 0 Å². The summed E-state index contributed by atoms with van der Waals surface area (Å²) in [5.41, 5.74) is -0.225. The van der Waals surface area contributed by atoms with Crippen LogP contribution in [-0.2, 0) is 0 Å². The van der Waals surface area contributed by atoms with E-state index in [4.69, 9.17) is 9.47 Å². The highest BCUT2D eigenvalue weighted by Crippen LogP contribution is 2.34. The molecular weight excluding hydrogens is 206 g/mol. The molecule has 1 rings (SSSR count). The summed E-state index contributed by atoms with van der Waals surface area (Å²) < 4.78 is 35.8. The van der Waals surface area contributed by atoms with E-state index < -0.39 is 17.4 Å². The van der Waals surface area contributed by atoms with Gasteiger partial charge >= 0.3 is 0 Å². The normalized spacial score (nSPS) is 9.93. The molecule has 0 aliphatic rings. The number of ketones is 1. The monoisotopic (exact) mass is 216 g/mol. The summed E-state index contributed by atoms with van der Waals surface area (Å²) in [7, 11) is 2.39. The maximum atomic E-state index is 13.2. The minimum absolute atomic E-state index is 0.225. The Morgan fingerprint density at radius 1 is 1.13 bits per heavy atom. The van der Waals surface area contributed by atoms with Crippen molar-refractivity contribution < 1.29 is 23.0 Å². The number of benzene rings is 1. The third-order valence-corrected chi connectivity index (χ3v) is 1.90. The fourth-order valence-electron chi connectivity index (χ4n) is 1.30. The van der Waals surface area contributed by atoms with Crippen molar-refractivity contribution in [2.75, 3.05) is 14.2 Å². The van der Waals surface area contributed by atoms with Crippen LogP contribution in [0.3, 0.4) is 0 Å². The van der Waals surface area contributed by atoms with Crippen molar-refractivity contribution in [3.05, 3.63) is 23.3 Å². The number of carbonyl (C=O) groups is 1. The summed E-state index contributed by atoms with van der Waals surface area (Å²) in [6.45, 7) is 1.18. The summed E-state index contributed by atoms with van der Waals surface area (Å²) >= 11 is 0. The molecule has 0 bridgehead atoms. The van der Waals surface area contributed by atoms with E-state index in [2.05, 4.69) is 0 Å². The van der Waals surface area contributed by atoms with Crippen LogP contribution in [0.2, 0.25) is 0 Å². The van der Waals surface area contributed by atoms with Gasteiger partial charge in [-0.3, -0.25) is 4.79 Å². The quantitative estimate of drug-likeness (QED) is 0.726. The van der Waals surface area contributed by atoms with Gasteiger partial charge in [0, 0.05) is 6.07 Å². The predicted octanol–water partition coefficient (Wildman–Crippen LogP) is 2.18. The van der Waals surface area contributed by atoms with Crippen LogP contribution in [0.5, 0.6) is 11.5 Å². The molecular formula is C10H10F2O3. The molecule has 0 saturated carbocycles. The molecule has 0 heterocycles. The fourth-order valence-corrected chi connectivity index (χ4v) is 1.30. The van der Waals surface area contributed by atoms with Crippen LogP contribution in [0.1, 0.15) is 17.3 Å². The van der Waals surface area contributed by atoms with Crippen molar-refractivity contribution in [1.29, 1.82) is 0 Å². The molecule has 0 unspecified atom stereocenters. The second-order valence-electron chi connectivity index (χ2n) is 2.84. The topological polar surface area (TPSA) is 35.5 Å². The zero-order valence-corrected chi connectivity index (χ0v) is 8.56. The van der Waals surface area contributed by atoms with E-state index in [0.29, 0.717) is 6.07 Å². The standard InChI is InChI=1S/C10H10F2O3/c1-5(13)8-9(14-2)6(11)4-7(12)10(8)15-3/h4H,1-3H3. The zero-order chi connectivity index (χ0) is 11.6. The molecule has 5 heteroatoms. The Balaban J connectivity index is 3.58. The van der Waals surface area contributed by atoms with Crippen LogP contribution in [0, 0.1) is 11.6 Å². The van der Waals surface area contributed by atoms with Gasteiger partial charge in [-0.15, -0.1) is 0 Å². The summed E-state index contributed by atoms with van der Waals surface area (Å²) in [5, 5.41) is 0. The molecule has 15 heavy (non-hydrogen) atoms. The van der Waals surface area contributed by atoms with Gasteiger partial charge in [0.25, 0.3) is 0 Å². The second-order valence-corrected chi connectivity index (χ2v) is 2.84. The third-order valence-electron chi connectivity index (χ3n) is 1.90. The van der Waals surface area contributed by atoms with Gasteiger partial charge < -0.3 is 9.47 Å². The first-order valence-corrected chi connectivity index (χ1v) is 4.13. The zero-order valence-electron chi connectivity index (χ0n) is 8.56. The summed E-state index contributed by atoms with van der Waals surface area (Å²) in [6, 6.07) is 0.615. The van der Waals surface area contributed by atoms with E-state index >= 15 is 0 Å². The molecule has 3 nitrogen and oxygen atoms in total. The summed E-state index contributed by atoms with van der Waals surface area (Å²) in [5.74, 6) is -2.99. The van der Waals surface area contributed by atoms with Gasteiger partial charge in [-0.1, -0.05) is 0 Å². The Morgan fingerprint density at radius 3 is 1.80 bits per heavy atom. The maximum Gasteiger partial charge on any atom is 0.169 e. The maximum absolute atomic E-state index is 13.2. The van der Waals surface area contributed by atoms with E-state index in [9.17, 15) is 13.6 Å². The number of halogens is 2. The van der Waals surface area contributed by atoms with E-state index in [-0.39, 0.29) is 17.1 Å². The molecule has 0 atom stereocenters. The molecule has 1 aromatic carbocycles. The number of hydrogen-bond acceptors (Lipinski definition) is 3. The van der Waals surface area contributed by atoms with Crippen LogP contribution in [0.15, 0.2) is 6.07 Å². The first kappa shape index (κ1) is 11.4. The minimum Gasteiger partial charge on any atom is -0.493 e. The van der Waals surface area contributed by atoms with Gasteiger partial charge in [0.05, 0.1) is 14.2 Å². The summed E-state index contributed by atoms with van der Waals surface area (Å²) in [6.07, 6.45) is 0. The molecule has 0 N–H and O–H groups in total. The highest BCUT2D eigenvalue weighted by molar-refractivity contribution is 5.99. The molecule has 0 radical (unpaired) electrons. The van der Waals surface area contributed by atoms with Gasteiger partial charge in [-0.25, -0.2) is 8.78 Å². The average molecular weight is 216 g/mol. The Morgan fingerprint density at radius 2 is 1.53 bits per heavy atom. The van der Waals surface area contributed by atoms with Crippen molar-refractivity contribution >= 4 is 5.78 Å². The number of methoxy groups -OCH3 is 2. The van der Waals surface area contributed by atoms with Gasteiger partial charge in [0.15, 0.2) is 28.9 Å². The number of Topliss-reactive ketones (excluding diaryl/α,β-unsaturated/α-hetero) is 1. The molecule has 0 aromatic heterocycles. The Kier molecular flexibility index (Phi) is 3.24. The molecule has 0 fully saturated rings. The van der Waals surface area contributed by atoms with Gasteiger partial charge in [-0.2, -0.15) is 0 Å². The van der Waals surface area contributed by atoms with Gasteiger partial charge in [0.1, 0.15) is 5.56 Å². The highest BCUT2D eigenvalue weighted by atomic mass is 19.1. The molecule has 0 amide bonds. The van der Waals surface area contributed by atoms with Crippen molar-refractivity contribution in [2.24, 2.45) is 0 Å². The largest absolute Gasteiger partial charge is 0.493 e. The predicted molar refractivity (Wildman–Crippen MR) is 49.5 cm³/mol. The lowest BCUT2D eigenvalue weighted by molar-refractivity contribution is 0.101. The van der Waals surface area contributed by atoms with E-state index in [1.165, 1.54) is 21.1 Å². The lowest BCUT2D eigenvalue weighted by Gasteiger charge is -2.12. The van der Waals surface area contributed by atoms with Crippen LogP contribution in [0.25, 0.3) is 0 Å². The number of hydrogen-bond donors (Lipinski definition) is 0. The van der Waals surface area contributed by atoms with Crippen molar-refractivity contribution in [3.8, 4) is 11.5 Å². The molecule has 1 aromatic rings. The minimum atomic E-state index is -0.930. The van der Waals surface area contributed by atoms with Crippen molar-refractivity contribution in [3.63, 3.8) is 0 Å². The van der Waals surface area contributed by atoms with Crippen LogP contribution >= 0.6 is 0 Å². The van der Waals surface area contributed by atoms with E-state index in [0.717, 1.165) is 0 Å². The van der Waals surface area contributed by atoms with Crippen LogP contribution in [0.4, 0.5) is 8.78 Å². The van der Waals surface area contributed by atoms with Crippen molar-refractivity contribution in [2.45, 2.75) is 6.92 Å². The van der Waals surface area contributed by atoms with Crippen molar-refractivity contribution in [1.82, 2.24) is 0 Å². The molecule has 82 valence electrons. The lowest BCUT2D eigenvalue weighted by atomic mass is 10.1. The first-order chi connectivity index (χ1) is 7.02. The first-order valence-electron chi connectivity index (χ1n) is 4.13. The van der Waals surface area contributed by atoms with Gasteiger partial charge in [-0.05, 0) is 6.92 Å². The Bertz CT molecular complexity index is 374. The number of ether oxygens (including phenoxy) is 2. The molecule has 0 saturated heterocycles. The number of carbonyl (C=O) groups excluding carboxylic acids is 1. The third kappa shape index (κ3) is 1.91. The van der Waals surface area contributed by atoms with E-state index in [1.54, 1.807) is 0 Å². The highest BCUT2D eigenvalue weighted by Gasteiger charge is 2.23. The molecule has 0 aliphatic heterocycles. The van der Waals surface area contributed by atoms with Crippen LogP contribution < -0.4 is 9.47 Å². The van der Waals surface area contributed by atoms with Gasteiger partial charge in [0.2, 0.25) is 0 Å². The fraction of sp³-hybridized carbons (Fsp3) is 0.300. The SMILES string of the molecule is COc1c(F)cc(F)c(OC)c1C(C)=O. The Labute approximate surface area is 85.6 Å². The molecule has 0 aliphatic carbocycles. The smallest absolute Gasteiger partial charge is 0.169 e. The summed E-state index contributed by atoms with van der Waals surface area (Å²) in [4.78, 5) is 11.2. The lowest BCUT2D eigenvalue weighted by Crippen LogP contribution is -2.05. The molecule has 0 spiro atoms. The van der Waals surface area contributed by atoms with Crippen LogP contribution in [-0.4, -0.2) is 20.0 Å². The Hall–Kier alpha value is -1.65. The number of rotatable bonds is 3. The second kappa shape index (κ2) is 4.25.